The lowest BCUT2D eigenvalue weighted by molar-refractivity contribution is -0.332. The SMILES string of the molecule is CCCCCCOC(=O)[C@H](CCCCNC(=O)C(F)(F)F)NC(=O)CCCNC(=O)[C@H](C)NC(=O)[C@@H](C)O[C@H]1C(O[C@@H]2O[C@H](COC(C)=O)[C@@H](OC(C)=O)[C@H](OC(C)=O)[C@H]2NC(C)=O)[C@@H](COC(C)=O)O[C@H](OP(=O)(OCc2ccccc2)OCc2ccccc2)[C@@H]1NC(C)=O. The van der Waals surface area contributed by atoms with E-state index in [0.717, 1.165) is 60.8 Å². The number of rotatable bonds is 39. The number of alkyl halides is 3. The minimum atomic E-state index is -5.08. The van der Waals surface area contributed by atoms with E-state index in [1.165, 1.54) is 13.8 Å². The highest BCUT2D eigenvalue weighted by Crippen LogP contribution is 2.53. The molecule has 96 heavy (non-hydrogen) atoms. The Morgan fingerprint density at radius 1 is 0.583 bits per heavy atom. The van der Waals surface area contributed by atoms with Crippen molar-refractivity contribution >= 4 is 73.1 Å². The largest absolute Gasteiger partial charge is 0.477 e. The van der Waals surface area contributed by atoms with E-state index in [4.69, 9.17) is 56.2 Å². The van der Waals surface area contributed by atoms with E-state index in [2.05, 4.69) is 26.6 Å². The number of nitrogens with one attached hydrogen (secondary N) is 6. The number of benzene rings is 2. The molecule has 2 aliphatic rings. The number of carbonyl (C=O) groups is 11. The van der Waals surface area contributed by atoms with Crippen LogP contribution in [0, 0.1) is 0 Å². The molecule has 2 fully saturated rings. The number of unbranched alkanes of at least 4 members (excludes halogenated alkanes) is 4. The first-order valence-electron chi connectivity index (χ1n) is 31.2. The summed E-state index contributed by atoms with van der Waals surface area (Å²) in [7, 11) is -4.95. The molecule has 0 saturated carbocycles. The summed E-state index contributed by atoms with van der Waals surface area (Å²) in [6.07, 6.45) is -18.0. The number of phosphoric ester groups is 1. The van der Waals surface area contributed by atoms with Gasteiger partial charge in [0.2, 0.25) is 29.5 Å². The van der Waals surface area contributed by atoms with Crippen LogP contribution < -0.4 is 31.9 Å². The second-order valence-corrected chi connectivity index (χ2v) is 24.1. The van der Waals surface area contributed by atoms with E-state index < -0.39 is 172 Å². The maximum absolute atomic E-state index is 15.2. The molecule has 34 heteroatoms. The molecule has 30 nitrogen and oxygen atoms in total. The number of esters is 5. The Labute approximate surface area is 553 Å². The van der Waals surface area contributed by atoms with Gasteiger partial charge in [0.05, 0.1) is 19.8 Å². The number of halogens is 3. The van der Waals surface area contributed by atoms with Crippen molar-refractivity contribution in [1.82, 2.24) is 31.9 Å². The van der Waals surface area contributed by atoms with Crippen molar-refractivity contribution in [2.24, 2.45) is 0 Å². The summed E-state index contributed by atoms with van der Waals surface area (Å²) in [5.41, 5.74) is 1.01. The molecular formula is C62H88F3N6O24P. The van der Waals surface area contributed by atoms with Gasteiger partial charge in [-0.25, -0.2) is 9.36 Å². The molecule has 6 N–H and O–H groups in total. The zero-order chi connectivity index (χ0) is 71.1. The molecule has 13 atom stereocenters. The van der Waals surface area contributed by atoms with Gasteiger partial charge in [-0.15, -0.1) is 0 Å². The van der Waals surface area contributed by atoms with Crippen LogP contribution in [0.4, 0.5) is 13.2 Å². The topological polar surface area (TPSA) is 388 Å². The number of amides is 6. The monoisotopic (exact) mass is 1390 g/mol. The molecule has 536 valence electrons. The highest BCUT2D eigenvalue weighted by Gasteiger charge is 2.57. The van der Waals surface area contributed by atoms with Crippen LogP contribution in [0.1, 0.15) is 131 Å². The molecule has 6 amide bonds. The van der Waals surface area contributed by atoms with Crippen molar-refractivity contribution in [3.8, 4) is 0 Å². The maximum Gasteiger partial charge on any atom is 0.477 e. The summed E-state index contributed by atoms with van der Waals surface area (Å²) in [4.78, 5) is 142. The van der Waals surface area contributed by atoms with Crippen molar-refractivity contribution in [2.75, 3.05) is 32.9 Å². The maximum atomic E-state index is 15.2. The third kappa shape index (κ3) is 29.0. The van der Waals surface area contributed by atoms with Crippen molar-refractivity contribution in [3.63, 3.8) is 0 Å². The Balaban J connectivity index is 1.69. The van der Waals surface area contributed by atoms with Gasteiger partial charge < -0.3 is 74.5 Å². The van der Waals surface area contributed by atoms with Gasteiger partial charge in [0.25, 0.3) is 0 Å². The third-order valence-electron chi connectivity index (χ3n) is 14.2. The summed E-state index contributed by atoms with van der Waals surface area (Å²) in [6.45, 7) is 8.11. The number of ether oxygens (including phenoxy) is 9. The molecule has 4 rings (SSSR count). The van der Waals surface area contributed by atoms with Crippen molar-refractivity contribution in [2.45, 2.75) is 219 Å². The average Bonchev–Trinajstić information content (AvgIpc) is 0.766. The first-order chi connectivity index (χ1) is 45.4. The zero-order valence-electron chi connectivity index (χ0n) is 55.0. The Hall–Kier alpha value is -7.65. The smallest absolute Gasteiger partial charge is 0.464 e. The highest BCUT2D eigenvalue weighted by molar-refractivity contribution is 7.48. The first-order valence-corrected chi connectivity index (χ1v) is 32.7. The second-order valence-electron chi connectivity index (χ2n) is 22.4. The standard InChI is InChI=1S/C62H88F3N6O24P/c1-10-11-12-21-31-84-58(81)46(27-19-20-29-67-61(82)62(63,64)65)71-49(78)28-22-30-66-56(79)36(2)68-57(80)37(3)89-54-51(70-39(5)73)60(95-96(83,87-32-44-23-15-13-16-24-44)88-33-45-25-17-14-18-26-45)93-48(35-86-41(7)75)53(54)94-59-50(69-38(4)72)55(91-43(9)77)52(90-42(8)76)47(92-59)34-85-40(6)74/h13-18,23-26,36-37,46-48,50-55,59-60H,10-12,19-22,27-35H2,1-9H3,(H,66,79)(H,67,82)(H,68,80)(H,69,72)(H,70,73)(H,71,78)/t36-,37+,46-,47+,48+,50+,51+,52+,53?,54+,55+,59-,60+/m0/s1. The Morgan fingerprint density at radius 3 is 1.65 bits per heavy atom. The lowest BCUT2D eigenvalue weighted by Gasteiger charge is -2.50. The molecule has 2 aliphatic heterocycles. The molecule has 0 bridgehead atoms. The average molecular weight is 1390 g/mol. The second kappa shape index (κ2) is 40.8. The quantitative estimate of drug-likeness (QED) is 0.0238. The van der Waals surface area contributed by atoms with E-state index >= 15 is 4.57 Å². The van der Waals surface area contributed by atoms with Crippen LogP contribution in [0.25, 0.3) is 0 Å². The minimum absolute atomic E-state index is 0.00100. The first kappa shape index (κ1) is 80.8. The molecule has 1 unspecified atom stereocenters. The molecule has 2 heterocycles. The van der Waals surface area contributed by atoms with E-state index in [0.29, 0.717) is 17.5 Å². The Bertz CT molecular complexity index is 2890. The van der Waals surface area contributed by atoms with Gasteiger partial charge in [0, 0.05) is 61.1 Å². The molecule has 0 aliphatic carbocycles. The van der Waals surface area contributed by atoms with Gasteiger partial charge in [0.15, 0.2) is 24.8 Å². The van der Waals surface area contributed by atoms with E-state index in [9.17, 15) is 65.9 Å². The molecule has 0 aromatic heterocycles. The van der Waals surface area contributed by atoms with E-state index in [1.807, 2.05) is 6.92 Å². The van der Waals surface area contributed by atoms with Crippen LogP contribution in [0.5, 0.6) is 0 Å². The summed E-state index contributed by atoms with van der Waals surface area (Å²) in [5.74, 6) is -10.5. The number of hydrogen-bond acceptors (Lipinski definition) is 24. The number of carbonyl (C=O) groups excluding carboxylic acids is 11. The summed E-state index contributed by atoms with van der Waals surface area (Å²) in [6, 6.07) is 10.8. The molecule has 2 aromatic carbocycles. The predicted molar refractivity (Wildman–Crippen MR) is 327 cm³/mol. The number of hydrogen-bond donors (Lipinski definition) is 6. The molecule has 2 aromatic rings. The van der Waals surface area contributed by atoms with Gasteiger partial charge in [-0.05, 0) is 57.1 Å². The van der Waals surface area contributed by atoms with Crippen molar-refractivity contribution in [1.29, 1.82) is 0 Å². The van der Waals surface area contributed by atoms with Crippen LogP contribution in [0.2, 0.25) is 0 Å². The van der Waals surface area contributed by atoms with Crippen LogP contribution in [-0.2, 0) is 127 Å². The predicted octanol–water partition coefficient (Wildman–Crippen LogP) is 4.01. The summed E-state index contributed by atoms with van der Waals surface area (Å²) in [5, 5.41) is 14.6. The van der Waals surface area contributed by atoms with Crippen LogP contribution in [0.15, 0.2) is 60.7 Å². The Kier molecular flexibility index (Phi) is 34.3. The molecule has 0 spiro atoms. The fraction of sp³-hybridized carbons (Fsp3) is 0.629. The fourth-order valence-electron chi connectivity index (χ4n) is 9.68. The van der Waals surface area contributed by atoms with E-state index in [-0.39, 0.29) is 65.0 Å². The summed E-state index contributed by atoms with van der Waals surface area (Å²) < 4.78 is 125. The number of phosphoric acid groups is 1. The zero-order valence-corrected chi connectivity index (χ0v) is 55.9. The van der Waals surface area contributed by atoms with Gasteiger partial charge in [0.1, 0.15) is 67.9 Å². The van der Waals surface area contributed by atoms with Gasteiger partial charge in [-0.1, -0.05) is 86.8 Å². The molecular weight excluding hydrogens is 1300 g/mol. The normalized spacial score (nSPS) is 21.9. The molecule has 0 radical (unpaired) electrons. The molecule has 2 saturated heterocycles. The van der Waals surface area contributed by atoms with Gasteiger partial charge in [-0.3, -0.25) is 61.5 Å². The Morgan fingerprint density at radius 2 is 1.11 bits per heavy atom. The summed E-state index contributed by atoms with van der Waals surface area (Å²) >= 11 is 0. The third-order valence-corrected chi connectivity index (χ3v) is 15.6. The van der Waals surface area contributed by atoms with Gasteiger partial charge in [-0.2, -0.15) is 13.2 Å². The van der Waals surface area contributed by atoms with Gasteiger partial charge >= 0.3 is 49.8 Å². The van der Waals surface area contributed by atoms with Crippen molar-refractivity contribution in [3.05, 3.63) is 71.8 Å². The van der Waals surface area contributed by atoms with Crippen LogP contribution >= 0.6 is 7.82 Å². The fourth-order valence-corrected chi connectivity index (χ4v) is 10.9. The van der Waals surface area contributed by atoms with E-state index in [1.54, 1.807) is 66.0 Å². The lowest BCUT2D eigenvalue weighted by Crippen LogP contribution is -2.70. The lowest BCUT2D eigenvalue weighted by atomic mass is 9.93. The van der Waals surface area contributed by atoms with Crippen LogP contribution in [-0.4, -0.2) is 184 Å². The highest BCUT2D eigenvalue weighted by atomic mass is 31.2. The van der Waals surface area contributed by atoms with Crippen molar-refractivity contribution < 1.29 is 127 Å². The van der Waals surface area contributed by atoms with Crippen LogP contribution in [0.3, 0.4) is 0 Å². The minimum Gasteiger partial charge on any atom is -0.464 e.